The number of halogens is 1. The van der Waals surface area contributed by atoms with Gasteiger partial charge in [-0.3, -0.25) is 4.99 Å². The Morgan fingerprint density at radius 1 is 1.08 bits per heavy atom. The van der Waals surface area contributed by atoms with E-state index >= 15 is 0 Å². The lowest BCUT2D eigenvalue weighted by molar-refractivity contribution is 0.506. The number of para-hydroxylation sites is 1. The summed E-state index contributed by atoms with van der Waals surface area (Å²) in [4.78, 5) is 7.92. The highest BCUT2D eigenvalue weighted by atomic mass is 127. The van der Waals surface area contributed by atoms with E-state index in [9.17, 15) is 0 Å². The number of nitrogens with one attached hydrogen (secondary N) is 3. The van der Waals surface area contributed by atoms with Crippen LogP contribution in [-0.2, 0) is 12.8 Å². The molecule has 3 rings (SSSR count). The van der Waals surface area contributed by atoms with Crippen LogP contribution in [0.2, 0.25) is 0 Å². The van der Waals surface area contributed by atoms with Gasteiger partial charge in [-0.15, -0.1) is 24.0 Å². The van der Waals surface area contributed by atoms with E-state index in [2.05, 4.69) is 58.0 Å². The van der Waals surface area contributed by atoms with Gasteiger partial charge in [0.05, 0.1) is 6.26 Å². The third-order valence-corrected chi connectivity index (χ3v) is 4.10. The van der Waals surface area contributed by atoms with Gasteiger partial charge in [0.15, 0.2) is 5.96 Å². The molecule has 0 aliphatic rings. The van der Waals surface area contributed by atoms with Crippen LogP contribution in [0.25, 0.3) is 10.9 Å². The molecule has 3 N–H and O–H groups in total. The quantitative estimate of drug-likeness (QED) is 0.266. The summed E-state index contributed by atoms with van der Waals surface area (Å²) in [6.45, 7) is 4.60. The van der Waals surface area contributed by atoms with Gasteiger partial charge in [-0.05, 0) is 36.6 Å². The van der Waals surface area contributed by atoms with Gasteiger partial charge in [0.2, 0.25) is 0 Å². The first-order valence-electron chi connectivity index (χ1n) is 8.96. The maximum absolute atomic E-state index is 5.36. The Labute approximate surface area is 171 Å². The second-order valence-corrected chi connectivity index (χ2v) is 6.02. The SMILES string of the molecule is CCCN=C(NCCc1ccco1)NCCc1c[nH]c2ccccc12.I. The fraction of sp³-hybridized carbons (Fsp3) is 0.350. The largest absolute Gasteiger partial charge is 0.469 e. The van der Waals surface area contributed by atoms with Crippen molar-refractivity contribution in [1.82, 2.24) is 15.6 Å². The van der Waals surface area contributed by atoms with E-state index in [1.165, 1.54) is 16.5 Å². The highest BCUT2D eigenvalue weighted by Crippen LogP contribution is 2.17. The van der Waals surface area contributed by atoms with Crippen molar-refractivity contribution < 1.29 is 4.42 Å². The van der Waals surface area contributed by atoms with Crippen LogP contribution in [0, 0.1) is 0 Å². The van der Waals surface area contributed by atoms with Crippen molar-refractivity contribution in [3.63, 3.8) is 0 Å². The molecule has 0 aliphatic carbocycles. The van der Waals surface area contributed by atoms with Crippen LogP contribution in [-0.4, -0.2) is 30.6 Å². The molecule has 0 saturated carbocycles. The van der Waals surface area contributed by atoms with Crippen molar-refractivity contribution in [1.29, 1.82) is 0 Å². The number of aromatic nitrogens is 1. The van der Waals surface area contributed by atoms with Crippen LogP contribution in [0.5, 0.6) is 0 Å². The first kappa shape index (κ1) is 20.4. The molecule has 0 radical (unpaired) electrons. The summed E-state index contributed by atoms with van der Waals surface area (Å²) in [5, 5.41) is 8.11. The Hall–Kier alpha value is -1.96. The minimum absolute atomic E-state index is 0. The Morgan fingerprint density at radius 2 is 1.88 bits per heavy atom. The molecular weight excluding hydrogens is 439 g/mol. The number of hydrogen-bond acceptors (Lipinski definition) is 2. The average Bonchev–Trinajstić information content (AvgIpc) is 3.29. The smallest absolute Gasteiger partial charge is 0.191 e. The molecule has 26 heavy (non-hydrogen) atoms. The van der Waals surface area contributed by atoms with Crippen molar-refractivity contribution in [2.24, 2.45) is 4.99 Å². The van der Waals surface area contributed by atoms with Gasteiger partial charge in [-0.1, -0.05) is 25.1 Å². The number of benzene rings is 1. The third kappa shape index (κ3) is 5.79. The van der Waals surface area contributed by atoms with Crippen LogP contribution in [0.1, 0.15) is 24.7 Å². The topological polar surface area (TPSA) is 65.3 Å². The normalized spacial score (nSPS) is 11.3. The third-order valence-electron chi connectivity index (χ3n) is 4.10. The average molecular weight is 466 g/mol. The van der Waals surface area contributed by atoms with Crippen LogP contribution in [0.15, 0.2) is 58.3 Å². The minimum atomic E-state index is 0. The maximum Gasteiger partial charge on any atom is 0.191 e. The van der Waals surface area contributed by atoms with Crippen LogP contribution in [0.4, 0.5) is 0 Å². The number of aliphatic imine (C=N–C) groups is 1. The Morgan fingerprint density at radius 3 is 2.65 bits per heavy atom. The molecule has 0 amide bonds. The zero-order valence-electron chi connectivity index (χ0n) is 15.1. The molecule has 1 aromatic carbocycles. The maximum atomic E-state index is 5.36. The lowest BCUT2D eigenvalue weighted by Crippen LogP contribution is -2.39. The summed E-state index contributed by atoms with van der Waals surface area (Å²) in [5.41, 5.74) is 2.52. The van der Waals surface area contributed by atoms with Crippen LogP contribution in [0.3, 0.4) is 0 Å². The van der Waals surface area contributed by atoms with Gasteiger partial charge in [-0.2, -0.15) is 0 Å². The molecule has 0 atom stereocenters. The van der Waals surface area contributed by atoms with Gasteiger partial charge < -0.3 is 20.0 Å². The zero-order valence-corrected chi connectivity index (χ0v) is 17.5. The van der Waals surface area contributed by atoms with E-state index in [4.69, 9.17) is 4.42 Å². The number of hydrogen-bond donors (Lipinski definition) is 3. The minimum Gasteiger partial charge on any atom is -0.469 e. The fourth-order valence-corrected chi connectivity index (χ4v) is 2.81. The second kappa shape index (κ2) is 10.9. The molecule has 5 nitrogen and oxygen atoms in total. The highest BCUT2D eigenvalue weighted by molar-refractivity contribution is 14.0. The molecule has 6 heteroatoms. The van der Waals surface area contributed by atoms with Gasteiger partial charge in [0, 0.05) is 43.2 Å². The Bertz CT molecular complexity index is 795. The molecule has 3 aromatic rings. The number of rotatable bonds is 8. The number of fused-ring (bicyclic) bond motifs is 1. The second-order valence-electron chi connectivity index (χ2n) is 6.02. The summed E-state index contributed by atoms with van der Waals surface area (Å²) in [6, 6.07) is 12.3. The molecule has 0 fully saturated rings. The van der Waals surface area contributed by atoms with Gasteiger partial charge in [0.25, 0.3) is 0 Å². The first-order valence-corrected chi connectivity index (χ1v) is 8.96. The van der Waals surface area contributed by atoms with E-state index in [1.54, 1.807) is 6.26 Å². The van der Waals surface area contributed by atoms with Gasteiger partial charge in [0.1, 0.15) is 5.76 Å². The molecule has 0 bridgehead atoms. The standard InChI is InChI=1S/C20H26N4O.HI/c1-2-11-21-20(23-13-10-17-6-5-14-25-17)22-12-9-16-15-24-19-8-4-3-7-18(16)19;/h3-8,14-15,24H,2,9-13H2,1H3,(H2,21,22,23);1H. The fourth-order valence-electron chi connectivity index (χ4n) is 2.81. The molecule has 0 aliphatic heterocycles. The molecule has 140 valence electrons. The lowest BCUT2D eigenvalue weighted by atomic mass is 10.1. The molecule has 0 spiro atoms. The van der Waals surface area contributed by atoms with Crippen molar-refractivity contribution in [2.75, 3.05) is 19.6 Å². The van der Waals surface area contributed by atoms with E-state index in [-0.39, 0.29) is 24.0 Å². The summed E-state index contributed by atoms with van der Waals surface area (Å²) in [5.74, 6) is 1.86. The highest BCUT2D eigenvalue weighted by Gasteiger charge is 2.04. The Balaban J connectivity index is 0.00000243. The van der Waals surface area contributed by atoms with Gasteiger partial charge >= 0.3 is 0 Å². The molecule has 2 heterocycles. The summed E-state index contributed by atoms with van der Waals surface area (Å²) >= 11 is 0. The number of guanidine groups is 1. The number of aromatic amines is 1. The van der Waals surface area contributed by atoms with E-state index in [0.29, 0.717) is 0 Å². The molecular formula is C20H27IN4O. The Kier molecular flexibility index (Phi) is 8.53. The number of H-pyrrole nitrogens is 1. The van der Waals surface area contributed by atoms with Gasteiger partial charge in [-0.25, -0.2) is 0 Å². The van der Waals surface area contributed by atoms with Crippen LogP contribution >= 0.6 is 24.0 Å². The van der Waals surface area contributed by atoms with E-state index in [0.717, 1.165) is 50.6 Å². The van der Waals surface area contributed by atoms with E-state index in [1.807, 2.05) is 12.1 Å². The summed E-state index contributed by atoms with van der Waals surface area (Å²) in [6.07, 6.45) is 6.64. The summed E-state index contributed by atoms with van der Waals surface area (Å²) in [7, 11) is 0. The molecule has 0 saturated heterocycles. The van der Waals surface area contributed by atoms with E-state index < -0.39 is 0 Å². The number of furan rings is 1. The van der Waals surface area contributed by atoms with Crippen LogP contribution < -0.4 is 10.6 Å². The monoisotopic (exact) mass is 466 g/mol. The summed E-state index contributed by atoms with van der Waals surface area (Å²) < 4.78 is 5.36. The number of nitrogens with zero attached hydrogens (tertiary/aromatic N) is 1. The molecule has 0 unspecified atom stereocenters. The predicted octanol–water partition coefficient (Wildman–Crippen LogP) is 4.11. The van der Waals surface area contributed by atoms with Crippen molar-refractivity contribution >= 4 is 40.8 Å². The van der Waals surface area contributed by atoms with Crippen molar-refractivity contribution in [2.45, 2.75) is 26.2 Å². The zero-order chi connectivity index (χ0) is 17.3. The first-order chi connectivity index (χ1) is 12.4. The van der Waals surface area contributed by atoms with Crippen molar-refractivity contribution in [3.05, 3.63) is 60.2 Å². The lowest BCUT2D eigenvalue weighted by Gasteiger charge is -2.12. The predicted molar refractivity (Wildman–Crippen MR) is 118 cm³/mol. The molecule has 2 aromatic heterocycles. The van der Waals surface area contributed by atoms with Crippen molar-refractivity contribution in [3.8, 4) is 0 Å².